The molecule has 0 fully saturated rings. The predicted octanol–water partition coefficient (Wildman–Crippen LogP) is 6.52. The molecule has 152 valence electrons. The second kappa shape index (κ2) is 8.75. The third kappa shape index (κ3) is 5.88. The van der Waals surface area contributed by atoms with Gasteiger partial charge in [0.05, 0.1) is 16.4 Å². The number of halogens is 5. The molecular formula is C19H15Cl2F3N4O. The van der Waals surface area contributed by atoms with E-state index in [1.54, 1.807) is 30.3 Å². The fourth-order valence-corrected chi connectivity index (χ4v) is 2.82. The van der Waals surface area contributed by atoms with Gasteiger partial charge in [-0.25, -0.2) is 4.98 Å². The highest BCUT2D eigenvalue weighted by Gasteiger charge is 2.31. The van der Waals surface area contributed by atoms with Gasteiger partial charge >= 0.3 is 6.36 Å². The summed E-state index contributed by atoms with van der Waals surface area (Å²) in [6.07, 6.45) is -4.78. The van der Waals surface area contributed by atoms with E-state index in [4.69, 9.17) is 23.2 Å². The smallest absolute Gasteiger partial charge is 0.406 e. The number of nitrogens with zero attached hydrogens (tertiary/aromatic N) is 2. The average Bonchev–Trinajstić information content (AvgIpc) is 2.64. The molecule has 0 spiro atoms. The van der Waals surface area contributed by atoms with Crippen LogP contribution >= 0.6 is 23.2 Å². The summed E-state index contributed by atoms with van der Waals surface area (Å²) in [5.74, 6) is 0.344. The molecule has 0 aliphatic rings. The molecule has 10 heteroatoms. The summed E-state index contributed by atoms with van der Waals surface area (Å²) >= 11 is 12.2. The molecule has 0 aliphatic carbocycles. The molecule has 0 unspecified atom stereocenters. The second-order valence-corrected chi connectivity index (χ2v) is 6.66. The van der Waals surface area contributed by atoms with Crippen molar-refractivity contribution >= 4 is 40.7 Å². The number of alkyl halides is 3. The molecule has 0 aliphatic heterocycles. The molecule has 0 saturated carbocycles. The summed E-state index contributed by atoms with van der Waals surface area (Å²) in [6.45, 7) is 2.42. The minimum atomic E-state index is -4.78. The van der Waals surface area contributed by atoms with Gasteiger partial charge in [0.15, 0.2) is 0 Å². The molecular weight excluding hydrogens is 428 g/mol. The highest BCUT2D eigenvalue weighted by molar-refractivity contribution is 6.35. The van der Waals surface area contributed by atoms with E-state index >= 15 is 0 Å². The van der Waals surface area contributed by atoms with E-state index in [9.17, 15) is 13.2 Å². The normalized spacial score (nSPS) is 11.2. The molecule has 5 nitrogen and oxygen atoms in total. The van der Waals surface area contributed by atoms with E-state index in [0.717, 1.165) is 0 Å². The summed E-state index contributed by atoms with van der Waals surface area (Å²) in [6, 6.07) is 12.1. The van der Waals surface area contributed by atoms with Crippen molar-refractivity contribution in [1.82, 2.24) is 9.97 Å². The van der Waals surface area contributed by atoms with Crippen LogP contribution in [0.15, 0.2) is 48.5 Å². The van der Waals surface area contributed by atoms with Gasteiger partial charge < -0.3 is 15.4 Å². The van der Waals surface area contributed by atoms with Crippen LogP contribution in [0.1, 0.15) is 6.92 Å². The van der Waals surface area contributed by atoms with Gasteiger partial charge in [-0.15, -0.1) is 13.2 Å². The molecule has 3 aromatic rings. The SMILES string of the molecule is CCNc1nc(Nc2cc(Cl)ccc2Cl)cc(-c2cccc(OC(F)(F)F)c2)n1. The van der Waals surface area contributed by atoms with Crippen LogP contribution in [0.4, 0.5) is 30.6 Å². The first kappa shape index (κ1) is 21.0. The number of hydrogen-bond donors (Lipinski definition) is 2. The summed E-state index contributed by atoms with van der Waals surface area (Å²) in [4.78, 5) is 8.70. The monoisotopic (exact) mass is 442 g/mol. The fraction of sp³-hybridized carbons (Fsp3) is 0.158. The van der Waals surface area contributed by atoms with Gasteiger partial charge in [0.25, 0.3) is 0 Å². The van der Waals surface area contributed by atoms with Crippen LogP contribution in [0.2, 0.25) is 10.0 Å². The number of anilines is 3. The van der Waals surface area contributed by atoms with Crippen LogP contribution in [0, 0.1) is 0 Å². The van der Waals surface area contributed by atoms with Gasteiger partial charge in [0.2, 0.25) is 5.95 Å². The Morgan fingerprint density at radius 2 is 1.83 bits per heavy atom. The minimum absolute atomic E-state index is 0.299. The lowest BCUT2D eigenvalue weighted by Crippen LogP contribution is -2.17. The van der Waals surface area contributed by atoms with Crippen LogP contribution in [0.3, 0.4) is 0 Å². The third-order valence-corrected chi connectivity index (χ3v) is 4.18. The quantitative estimate of drug-likeness (QED) is 0.454. The average molecular weight is 443 g/mol. The first-order valence-electron chi connectivity index (χ1n) is 8.44. The Bertz CT molecular complexity index is 1010. The first-order valence-corrected chi connectivity index (χ1v) is 9.20. The van der Waals surface area contributed by atoms with Crippen molar-refractivity contribution in [2.45, 2.75) is 13.3 Å². The second-order valence-electron chi connectivity index (χ2n) is 5.82. The highest BCUT2D eigenvalue weighted by Crippen LogP contribution is 2.31. The zero-order valence-electron chi connectivity index (χ0n) is 15.0. The van der Waals surface area contributed by atoms with E-state index in [0.29, 0.717) is 45.3 Å². The van der Waals surface area contributed by atoms with E-state index in [2.05, 4.69) is 25.3 Å². The van der Waals surface area contributed by atoms with Crippen LogP contribution in [0.5, 0.6) is 5.75 Å². The van der Waals surface area contributed by atoms with Gasteiger partial charge in [-0.05, 0) is 37.3 Å². The van der Waals surface area contributed by atoms with Gasteiger partial charge in [-0.1, -0.05) is 35.3 Å². The van der Waals surface area contributed by atoms with Crippen molar-refractivity contribution in [3.63, 3.8) is 0 Å². The Labute approximate surface area is 174 Å². The van der Waals surface area contributed by atoms with Crippen molar-refractivity contribution in [3.05, 3.63) is 58.6 Å². The van der Waals surface area contributed by atoms with Crippen molar-refractivity contribution in [3.8, 4) is 17.0 Å². The lowest BCUT2D eigenvalue weighted by atomic mass is 10.1. The maximum absolute atomic E-state index is 12.5. The maximum atomic E-state index is 12.5. The molecule has 0 bridgehead atoms. The highest BCUT2D eigenvalue weighted by atomic mass is 35.5. The summed E-state index contributed by atoms with van der Waals surface area (Å²) in [5.41, 5.74) is 1.35. The van der Waals surface area contributed by atoms with Crippen LogP contribution in [-0.2, 0) is 0 Å². The van der Waals surface area contributed by atoms with Gasteiger partial charge in [-0.3, -0.25) is 0 Å². The number of nitrogens with one attached hydrogen (secondary N) is 2. The molecule has 0 radical (unpaired) electrons. The number of ether oxygens (including phenoxy) is 1. The zero-order valence-corrected chi connectivity index (χ0v) is 16.5. The molecule has 2 aromatic carbocycles. The Morgan fingerprint density at radius 3 is 2.55 bits per heavy atom. The summed E-state index contributed by atoms with van der Waals surface area (Å²) < 4.78 is 41.6. The first-order chi connectivity index (χ1) is 13.7. The number of aromatic nitrogens is 2. The Balaban J connectivity index is 1.99. The Kier molecular flexibility index (Phi) is 6.34. The van der Waals surface area contributed by atoms with Gasteiger partial charge in [0.1, 0.15) is 11.6 Å². The Morgan fingerprint density at radius 1 is 1.03 bits per heavy atom. The molecule has 0 saturated heterocycles. The fourth-order valence-electron chi connectivity index (χ4n) is 2.48. The van der Waals surface area contributed by atoms with Crippen molar-refractivity contribution in [2.75, 3.05) is 17.2 Å². The van der Waals surface area contributed by atoms with E-state index in [1.807, 2.05) is 6.92 Å². The van der Waals surface area contributed by atoms with Crippen LogP contribution < -0.4 is 15.4 Å². The summed E-state index contributed by atoms with van der Waals surface area (Å²) in [5, 5.41) is 6.96. The molecule has 2 N–H and O–H groups in total. The minimum Gasteiger partial charge on any atom is -0.406 e. The number of rotatable bonds is 6. The Hall–Kier alpha value is -2.71. The molecule has 0 atom stereocenters. The molecule has 3 rings (SSSR count). The molecule has 1 aromatic heterocycles. The molecule has 0 amide bonds. The van der Waals surface area contributed by atoms with Crippen molar-refractivity contribution in [1.29, 1.82) is 0 Å². The molecule has 1 heterocycles. The van der Waals surface area contributed by atoms with E-state index < -0.39 is 6.36 Å². The van der Waals surface area contributed by atoms with Gasteiger partial charge in [-0.2, -0.15) is 4.98 Å². The maximum Gasteiger partial charge on any atom is 0.573 e. The van der Waals surface area contributed by atoms with Crippen LogP contribution in [0.25, 0.3) is 11.3 Å². The van der Waals surface area contributed by atoms with Gasteiger partial charge in [0, 0.05) is 23.2 Å². The van der Waals surface area contributed by atoms with Crippen LogP contribution in [-0.4, -0.2) is 22.9 Å². The largest absolute Gasteiger partial charge is 0.573 e. The lowest BCUT2D eigenvalue weighted by Gasteiger charge is -2.13. The third-order valence-electron chi connectivity index (χ3n) is 3.62. The predicted molar refractivity (Wildman–Crippen MR) is 108 cm³/mol. The standard InChI is InChI=1S/C19H15Cl2F3N4O/c1-2-25-18-27-15(11-4-3-5-13(8-11)29-19(22,23)24)10-17(28-18)26-16-9-12(20)6-7-14(16)21/h3-10H,2H2,1H3,(H2,25,26,27,28). The zero-order chi connectivity index (χ0) is 21.0. The number of hydrogen-bond acceptors (Lipinski definition) is 5. The van der Waals surface area contributed by atoms with E-state index in [1.165, 1.54) is 18.2 Å². The number of benzene rings is 2. The topological polar surface area (TPSA) is 59.1 Å². The summed E-state index contributed by atoms with van der Waals surface area (Å²) in [7, 11) is 0. The molecule has 29 heavy (non-hydrogen) atoms. The lowest BCUT2D eigenvalue weighted by molar-refractivity contribution is -0.274. The van der Waals surface area contributed by atoms with Crippen molar-refractivity contribution < 1.29 is 17.9 Å². The van der Waals surface area contributed by atoms with E-state index in [-0.39, 0.29) is 5.75 Å². The van der Waals surface area contributed by atoms with Crippen molar-refractivity contribution in [2.24, 2.45) is 0 Å².